The van der Waals surface area contributed by atoms with Crippen molar-refractivity contribution >= 4 is 64.7 Å². The second kappa shape index (κ2) is 5.14. The van der Waals surface area contributed by atoms with Gasteiger partial charge in [0.1, 0.15) is 0 Å². The van der Waals surface area contributed by atoms with Crippen LogP contribution in [-0.2, 0) is 0 Å². The predicted octanol–water partition coefficient (Wildman–Crippen LogP) is 1.56. The van der Waals surface area contributed by atoms with Gasteiger partial charge in [-0.05, 0) is 29.8 Å². The van der Waals surface area contributed by atoms with E-state index in [4.69, 9.17) is 17.3 Å². The molecule has 0 spiro atoms. The third-order valence-electron chi connectivity index (χ3n) is 1.25. The van der Waals surface area contributed by atoms with Crippen LogP contribution in [-0.4, -0.2) is 34.8 Å². The first-order valence-electron chi connectivity index (χ1n) is 2.89. The van der Waals surface area contributed by atoms with Crippen LogP contribution in [0.4, 0.5) is 5.69 Å². The van der Waals surface area contributed by atoms with E-state index < -0.39 is 5.24 Å². The molecule has 0 aliphatic carbocycles. The quantitative estimate of drug-likeness (QED) is 0.320. The van der Waals surface area contributed by atoms with Gasteiger partial charge < -0.3 is 5.73 Å². The molecule has 0 aliphatic rings. The smallest absolute Gasteiger partial charge is 0.252 e. The second-order valence-electron chi connectivity index (χ2n) is 2.05. The minimum Gasteiger partial charge on any atom is -0.398 e. The Morgan fingerprint density at radius 2 is 2.08 bits per heavy atom. The average molecular weight is 211 g/mol. The summed E-state index contributed by atoms with van der Waals surface area (Å²) < 4.78 is 0. The Hall–Kier alpha value is 0.330. The van der Waals surface area contributed by atoms with Gasteiger partial charge in [0.25, 0.3) is 5.24 Å². The van der Waals surface area contributed by atoms with Gasteiger partial charge in [0.05, 0.1) is 0 Å². The van der Waals surface area contributed by atoms with Gasteiger partial charge in [0, 0.05) is 45.7 Å². The molecule has 0 heterocycles. The Morgan fingerprint density at radius 3 is 2.50 bits per heavy atom. The van der Waals surface area contributed by atoms with Crippen LogP contribution in [0.15, 0.2) is 23.1 Å². The van der Waals surface area contributed by atoms with Gasteiger partial charge in [0.2, 0.25) is 0 Å². The Balaban J connectivity index is 0.00000121. The van der Waals surface area contributed by atoms with Gasteiger partial charge in [-0.25, -0.2) is 0 Å². The third-order valence-corrected chi connectivity index (χ3v) is 1.88. The number of rotatable bonds is 1. The Morgan fingerprint density at radius 1 is 1.50 bits per heavy atom. The zero-order chi connectivity index (χ0) is 8.43. The number of thiol groups is 1. The maximum absolute atomic E-state index is 10.6. The predicted molar refractivity (Wildman–Crippen MR) is 54.0 cm³/mol. The zero-order valence-electron chi connectivity index (χ0n) is 6.54. The van der Waals surface area contributed by atoms with E-state index in [-0.39, 0.29) is 29.6 Å². The molecule has 0 bridgehead atoms. The van der Waals surface area contributed by atoms with Crippen LogP contribution in [0.25, 0.3) is 0 Å². The van der Waals surface area contributed by atoms with E-state index in [1.54, 1.807) is 12.1 Å². The second-order valence-corrected chi connectivity index (χ2v) is 2.87. The average Bonchev–Trinajstić information content (AvgIpc) is 1.94. The molecule has 0 amide bonds. The molecule has 1 aromatic rings. The van der Waals surface area contributed by atoms with Crippen molar-refractivity contribution in [2.24, 2.45) is 0 Å². The summed E-state index contributed by atoms with van der Waals surface area (Å²) in [7, 11) is 0. The fourth-order valence-electron chi connectivity index (χ4n) is 0.677. The minimum absolute atomic E-state index is 0. The van der Waals surface area contributed by atoms with Gasteiger partial charge in [-0.15, -0.1) is 12.6 Å². The van der Waals surface area contributed by atoms with Crippen LogP contribution in [0.3, 0.4) is 0 Å². The summed E-state index contributed by atoms with van der Waals surface area (Å²) in [6.07, 6.45) is 0. The number of anilines is 1. The number of carbonyl (C=O) groups is 1. The summed E-state index contributed by atoms with van der Waals surface area (Å²) in [4.78, 5) is 11.2. The van der Waals surface area contributed by atoms with E-state index >= 15 is 0 Å². The first-order chi connectivity index (χ1) is 5.11. The number of hydrogen-bond acceptors (Lipinski definition) is 3. The fraction of sp³-hybridized carbons (Fsp3) is 0. The maximum atomic E-state index is 10.6. The first-order valence-corrected chi connectivity index (χ1v) is 3.72. The van der Waals surface area contributed by atoms with E-state index in [0.29, 0.717) is 16.1 Å². The van der Waals surface area contributed by atoms with E-state index in [0.717, 1.165) is 0 Å². The fourth-order valence-corrected chi connectivity index (χ4v) is 0.933. The maximum Gasteiger partial charge on any atom is 0.252 e. The number of benzene rings is 1. The van der Waals surface area contributed by atoms with Gasteiger partial charge in [-0.2, -0.15) is 0 Å². The Bertz CT molecular complexity index is 305. The molecular formula is C7H6ClNNaOS. The van der Waals surface area contributed by atoms with Crippen LogP contribution in [0, 0.1) is 0 Å². The zero-order valence-corrected chi connectivity index (χ0v) is 10.2. The number of nitrogen functional groups attached to an aromatic ring is 1. The summed E-state index contributed by atoms with van der Waals surface area (Å²) in [5.74, 6) is 0. The number of nitrogens with two attached hydrogens (primary N) is 1. The molecule has 0 fully saturated rings. The van der Waals surface area contributed by atoms with Crippen molar-refractivity contribution in [2.75, 3.05) is 5.73 Å². The SMILES string of the molecule is Nc1cc(C(=O)Cl)ccc1S.[Na]. The summed E-state index contributed by atoms with van der Waals surface area (Å²) >= 11 is 9.24. The summed E-state index contributed by atoms with van der Waals surface area (Å²) in [5, 5.41) is -0.509. The molecule has 0 saturated carbocycles. The summed E-state index contributed by atoms with van der Waals surface area (Å²) in [6, 6.07) is 4.71. The number of carbonyl (C=O) groups excluding carboxylic acids is 1. The van der Waals surface area contributed by atoms with E-state index in [1.165, 1.54) is 6.07 Å². The standard InChI is InChI=1S/C7H6ClNOS.Na/c8-7(10)4-1-2-6(11)5(9)3-4;/h1-3,11H,9H2;. The molecule has 59 valence electrons. The Labute approximate surface area is 103 Å². The van der Waals surface area contributed by atoms with E-state index in [2.05, 4.69) is 12.6 Å². The molecule has 0 aliphatic heterocycles. The largest absolute Gasteiger partial charge is 0.398 e. The van der Waals surface area contributed by atoms with Crippen LogP contribution < -0.4 is 5.73 Å². The van der Waals surface area contributed by atoms with Crippen molar-refractivity contribution in [1.82, 2.24) is 0 Å². The molecule has 1 aromatic carbocycles. The third kappa shape index (κ3) is 2.99. The monoisotopic (exact) mass is 210 g/mol. The van der Waals surface area contributed by atoms with Crippen LogP contribution in [0.1, 0.15) is 10.4 Å². The summed E-state index contributed by atoms with van der Waals surface area (Å²) in [5.41, 5.74) is 6.32. The topological polar surface area (TPSA) is 43.1 Å². The van der Waals surface area contributed by atoms with Crippen molar-refractivity contribution in [3.63, 3.8) is 0 Å². The molecule has 0 saturated heterocycles. The molecular weight excluding hydrogens is 205 g/mol. The van der Waals surface area contributed by atoms with E-state index in [1.807, 2.05) is 0 Å². The van der Waals surface area contributed by atoms with Crippen LogP contribution in [0.5, 0.6) is 0 Å². The van der Waals surface area contributed by atoms with Gasteiger partial charge in [-0.1, -0.05) is 0 Å². The van der Waals surface area contributed by atoms with Crippen molar-refractivity contribution < 1.29 is 4.79 Å². The van der Waals surface area contributed by atoms with Crippen LogP contribution in [0.2, 0.25) is 0 Å². The van der Waals surface area contributed by atoms with Crippen molar-refractivity contribution in [2.45, 2.75) is 4.90 Å². The van der Waals surface area contributed by atoms with Crippen LogP contribution >= 0.6 is 24.2 Å². The molecule has 5 heteroatoms. The molecule has 12 heavy (non-hydrogen) atoms. The molecule has 1 radical (unpaired) electrons. The van der Waals surface area contributed by atoms with Gasteiger partial charge >= 0.3 is 0 Å². The van der Waals surface area contributed by atoms with E-state index in [9.17, 15) is 4.79 Å². The van der Waals surface area contributed by atoms with Crippen molar-refractivity contribution in [3.05, 3.63) is 23.8 Å². The van der Waals surface area contributed by atoms with Gasteiger partial charge in [0.15, 0.2) is 0 Å². The molecule has 0 aromatic heterocycles. The molecule has 2 nitrogen and oxygen atoms in total. The number of hydrogen-bond donors (Lipinski definition) is 2. The minimum atomic E-state index is -0.509. The molecule has 0 unspecified atom stereocenters. The molecule has 2 N–H and O–H groups in total. The summed E-state index contributed by atoms with van der Waals surface area (Å²) in [6.45, 7) is 0. The van der Waals surface area contributed by atoms with Crippen molar-refractivity contribution in [1.29, 1.82) is 0 Å². The van der Waals surface area contributed by atoms with Crippen molar-refractivity contribution in [3.8, 4) is 0 Å². The van der Waals surface area contributed by atoms with Gasteiger partial charge in [-0.3, -0.25) is 4.79 Å². The number of halogens is 1. The normalized spacial score (nSPS) is 8.83. The molecule has 1 rings (SSSR count). The first kappa shape index (κ1) is 12.3. The Kier molecular flexibility index (Phi) is 5.29. The molecule has 0 atom stereocenters.